The van der Waals surface area contributed by atoms with Crippen LogP contribution in [0.1, 0.15) is 53.4 Å². The van der Waals surface area contributed by atoms with E-state index < -0.39 is 15.6 Å². The number of hydrogen-bond acceptors (Lipinski definition) is 4. The van der Waals surface area contributed by atoms with Crippen molar-refractivity contribution in [3.63, 3.8) is 0 Å². The van der Waals surface area contributed by atoms with Gasteiger partial charge in [0, 0.05) is 0 Å². The lowest BCUT2D eigenvalue weighted by atomic mass is 10.1. The van der Waals surface area contributed by atoms with Gasteiger partial charge in [0.15, 0.2) is 0 Å². The minimum absolute atomic E-state index is 0.255. The van der Waals surface area contributed by atoms with E-state index in [-0.39, 0.29) is 6.61 Å². The van der Waals surface area contributed by atoms with E-state index in [0.29, 0.717) is 0 Å². The van der Waals surface area contributed by atoms with E-state index in [1.807, 2.05) is 6.92 Å². The Balaban J connectivity index is 4.12. The van der Waals surface area contributed by atoms with Crippen molar-refractivity contribution in [2.45, 2.75) is 53.4 Å². The largest absolute Gasteiger partial charge is 0.481 e. The van der Waals surface area contributed by atoms with E-state index >= 15 is 0 Å². The van der Waals surface area contributed by atoms with Crippen LogP contribution in [0.5, 0.6) is 0 Å². The Morgan fingerprint density at radius 2 is 1.58 bits per heavy atom. The number of unbranched alkanes of at least 4 members (excludes halogenated alkanes) is 1. The van der Waals surface area contributed by atoms with Gasteiger partial charge in [-0.05, 0) is 53.4 Å². The van der Waals surface area contributed by atoms with Gasteiger partial charge in [0.25, 0.3) is 0 Å². The van der Waals surface area contributed by atoms with Gasteiger partial charge in [0.05, 0.1) is 6.61 Å². The molecule has 0 rings (SSSR count). The normalized spacial score (nSPS) is 16.0. The quantitative estimate of drug-likeness (QED) is 0.271. The maximum absolute atomic E-state index is 11.2. The van der Waals surface area contributed by atoms with Crippen LogP contribution in [-0.4, -0.2) is 21.3 Å². The van der Waals surface area contributed by atoms with Gasteiger partial charge in [0.2, 0.25) is 0 Å². The van der Waals surface area contributed by atoms with E-state index in [9.17, 15) is 9.13 Å². The zero-order valence-electron chi connectivity index (χ0n) is 14.6. The fourth-order valence-corrected chi connectivity index (χ4v) is 3.24. The highest BCUT2D eigenvalue weighted by Gasteiger charge is 2.31. The molecule has 0 aliphatic carbocycles. The van der Waals surface area contributed by atoms with Crippen LogP contribution in [0.4, 0.5) is 0 Å². The highest BCUT2D eigenvalue weighted by atomic mass is 31.3. The van der Waals surface area contributed by atoms with Crippen LogP contribution in [0.25, 0.3) is 0 Å². The molecule has 0 radical (unpaired) electrons. The number of allylic oxidation sites excluding steroid dienone is 5. The van der Waals surface area contributed by atoms with Crippen molar-refractivity contribution >= 4 is 15.6 Å². The summed E-state index contributed by atoms with van der Waals surface area (Å²) in [6, 6.07) is 0. The highest BCUT2D eigenvalue weighted by Crippen LogP contribution is 2.57. The topological polar surface area (TPSA) is 113 Å². The van der Waals surface area contributed by atoms with Crippen molar-refractivity contribution in [2.24, 2.45) is 0 Å². The Kier molecular flexibility index (Phi) is 10.9. The second-order valence-corrected chi connectivity index (χ2v) is 8.64. The molecule has 0 spiro atoms. The van der Waals surface area contributed by atoms with E-state index in [0.717, 1.165) is 31.3 Å². The zero-order chi connectivity index (χ0) is 18.8. The highest BCUT2D eigenvalue weighted by molar-refractivity contribution is 7.60. The maximum atomic E-state index is 11.2. The zero-order valence-corrected chi connectivity index (χ0v) is 16.4. The SMILES string of the molecule is CC(C)=CC/C(C)=C/CCC/C(C)=C/COP(=O)(O)OP(=O)(O)O. The lowest BCUT2D eigenvalue weighted by molar-refractivity contribution is 0.191. The van der Waals surface area contributed by atoms with Crippen molar-refractivity contribution < 1.29 is 32.6 Å². The van der Waals surface area contributed by atoms with Gasteiger partial charge in [0.1, 0.15) is 0 Å². The fraction of sp³-hybridized carbons (Fsp3) is 0.600. The summed E-state index contributed by atoms with van der Waals surface area (Å²) < 4.78 is 29.9. The molecule has 0 aromatic heterocycles. The van der Waals surface area contributed by atoms with Crippen LogP contribution in [0.2, 0.25) is 0 Å². The summed E-state index contributed by atoms with van der Waals surface area (Å²) >= 11 is 0. The van der Waals surface area contributed by atoms with Gasteiger partial charge < -0.3 is 14.7 Å². The molecule has 7 nitrogen and oxygen atoms in total. The molecule has 9 heteroatoms. The van der Waals surface area contributed by atoms with Crippen molar-refractivity contribution in [3.8, 4) is 0 Å². The Morgan fingerprint density at radius 3 is 2.12 bits per heavy atom. The molecular weight excluding hydrogens is 354 g/mol. The minimum atomic E-state index is -5.06. The molecule has 0 aliphatic rings. The first-order chi connectivity index (χ1) is 10.9. The predicted octanol–water partition coefficient (Wildman–Crippen LogP) is 4.63. The van der Waals surface area contributed by atoms with Crippen molar-refractivity contribution in [3.05, 3.63) is 34.9 Å². The molecule has 0 heterocycles. The molecule has 1 atom stereocenters. The maximum Gasteiger partial charge on any atom is 0.481 e. The molecule has 0 saturated carbocycles. The summed E-state index contributed by atoms with van der Waals surface area (Å²) in [5.41, 5.74) is 3.57. The molecule has 3 N–H and O–H groups in total. The monoisotopic (exact) mass is 382 g/mol. The van der Waals surface area contributed by atoms with Crippen LogP contribution in [0.3, 0.4) is 0 Å². The van der Waals surface area contributed by atoms with E-state index in [1.54, 1.807) is 6.08 Å². The smallest absolute Gasteiger partial charge is 0.302 e. The van der Waals surface area contributed by atoms with Crippen molar-refractivity contribution in [2.75, 3.05) is 6.61 Å². The van der Waals surface area contributed by atoms with Crippen LogP contribution in [0.15, 0.2) is 34.9 Å². The molecule has 0 aliphatic heterocycles. The second kappa shape index (κ2) is 11.2. The molecule has 24 heavy (non-hydrogen) atoms. The Hall–Kier alpha value is -0.520. The standard InChI is InChI=1S/C15H28O7P2/c1-13(2)9-10-14(3)7-5-6-8-15(4)11-12-21-24(19,20)22-23(16,17)18/h7,9,11H,5-6,8,10,12H2,1-4H3,(H,19,20)(H2,16,17,18)/b14-7+,15-11+. The summed E-state index contributed by atoms with van der Waals surface area (Å²) in [5, 5.41) is 0. The van der Waals surface area contributed by atoms with Gasteiger partial charge in [-0.25, -0.2) is 9.13 Å². The van der Waals surface area contributed by atoms with Gasteiger partial charge in [-0.2, -0.15) is 4.31 Å². The third kappa shape index (κ3) is 15.0. The number of phosphoric acid groups is 2. The second-order valence-electron chi connectivity index (χ2n) is 5.82. The van der Waals surface area contributed by atoms with Gasteiger partial charge >= 0.3 is 15.6 Å². The Labute approximate surface area is 143 Å². The fourth-order valence-electron chi connectivity index (χ4n) is 1.71. The molecule has 1 unspecified atom stereocenters. The average molecular weight is 382 g/mol. The third-order valence-corrected chi connectivity index (χ3v) is 5.13. The van der Waals surface area contributed by atoms with E-state index in [2.05, 4.69) is 41.8 Å². The van der Waals surface area contributed by atoms with Crippen molar-refractivity contribution in [1.82, 2.24) is 0 Å². The first-order valence-corrected chi connectivity index (χ1v) is 10.6. The third-order valence-electron chi connectivity index (χ3n) is 2.98. The van der Waals surface area contributed by atoms with Crippen molar-refractivity contribution in [1.29, 1.82) is 0 Å². The number of phosphoric ester groups is 1. The van der Waals surface area contributed by atoms with Gasteiger partial charge in [-0.15, -0.1) is 0 Å². The van der Waals surface area contributed by atoms with E-state index in [1.165, 1.54) is 11.1 Å². The molecule has 0 amide bonds. The Morgan fingerprint density at radius 1 is 0.958 bits per heavy atom. The summed E-state index contributed by atoms with van der Waals surface area (Å²) in [5.74, 6) is 0. The average Bonchev–Trinajstić information content (AvgIpc) is 2.38. The van der Waals surface area contributed by atoms with Gasteiger partial charge in [-0.1, -0.05) is 34.9 Å². The van der Waals surface area contributed by atoms with Crippen LogP contribution >= 0.6 is 15.6 Å². The van der Waals surface area contributed by atoms with Crippen LogP contribution in [-0.2, 0) is 18.0 Å². The first-order valence-electron chi connectivity index (χ1n) is 7.60. The molecule has 0 fully saturated rings. The van der Waals surface area contributed by atoms with Crippen LogP contribution < -0.4 is 0 Å². The molecule has 0 bridgehead atoms. The number of hydrogen-bond donors (Lipinski definition) is 3. The lowest BCUT2D eigenvalue weighted by Crippen LogP contribution is -1.94. The van der Waals surface area contributed by atoms with Crippen LogP contribution in [0, 0.1) is 0 Å². The summed E-state index contributed by atoms with van der Waals surface area (Å²) in [6.45, 7) is 7.83. The number of rotatable bonds is 11. The molecule has 0 aromatic carbocycles. The molecule has 140 valence electrons. The predicted molar refractivity (Wildman–Crippen MR) is 94.3 cm³/mol. The first kappa shape index (κ1) is 23.5. The summed E-state index contributed by atoms with van der Waals surface area (Å²) in [7, 11) is -9.82. The molecule has 0 aromatic rings. The van der Waals surface area contributed by atoms with E-state index in [4.69, 9.17) is 14.7 Å². The molecular formula is C15H28O7P2. The van der Waals surface area contributed by atoms with Gasteiger partial charge in [-0.3, -0.25) is 4.52 Å². The Bertz CT molecular complexity index is 568. The summed E-state index contributed by atoms with van der Waals surface area (Å²) in [6.07, 6.45) is 9.59. The summed E-state index contributed by atoms with van der Waals surface area (Å²) in [4.78, 5) is 26.0. The molecule has 0 saturated heterocycles. The minimum Gasteiger partial charge on any atom is -0.302 e. The lowest BCUT2D eigenvalue weighted by Gasteiger charge is -2.11.